The molecule has 0 saturated carbocycles. The molecule has 0 N–H and O–H groups in total. The van der Waals surface area contributed by atoms with Crippen molar-refractivity contribution in [3.05, 3.63) is 70.8 Å². The number of benzene rings is 2. The molecular weight excluding hydrogens is 351 g/mol. The first kappa shape index (κ1) is 18.0. The lowest BCUT2D eigenvalue weighted by Crippen LogP contribution is -2.09. The van der Waals surface area contributed by atoms with Crippen molar-refractivity contribution in [3.8, 4) is 23.0 Å². The van der Waals surface area contributed by atoms with E-state index in [4.69, 9.17) is 4.74 Å². The SMILES string of the molecule is CC1CCC(C#Cc2cc(F)c(-c3cc(F)c(F)c(F)c3)c(F)c2)=CO1. The van der Waals surface area contributed by atoms with Gasteiger partial charge < -0.3 is 4.74 Å². The van der Waals surface area contributed by atoms with Crippen LogP contribution in [0.25, 0.3) is 11.1 Å². The Morgan fingerprint density at radius 3 is 2.04 bits per heavy atom. The molecule has 2 aromatic carbocycles. The minimum atomic E-state index is -1.70. The first-order valence-electron chi connectivity index (χ1n) is 7.85. The quantitative estimate of drug-likeness (QED) is 0.370. The molecule has 1 aliphatic heterocycles. The van der Waals surface area contributed by atoms with Gasteiger partial charge >= 0.3 is 0 Å². The third-order valence-electron chi connectivity index (χ3n) is 3.94. The van der Waals surface area contributed by atoms with Crippen molar-refractivity contribution in [1.29, 1.82) is 0 Å². The lowest BCUT2D eigenvalue weighted by atomic mass is 10.0. The van der Waals surface area contributed by atoms with Gasteiger partial charge in [0.15, 0.2) is 17.5 Å². The van der Waals surface area contributed by atoms with Gasteiger partial charge in [-0.2, -0.15) is 0 Å². The van der Waals surface area contributed by atoms with Crippen molar-refractivity contribution in [2.75, 3.05) is 0 Å². The van der Waals surface area contributed by atoms with Crippen LogP contribution in [0, 0.1) is 40.9 Å². The van der Waals surface area contributed by atoms with Gasteiger partial charge in [0.2, 0.25) is 0 Å². The molecule has 3 rings (SSSR count). The van der Waals surface area contributed by atoms with Gasteiger partial charge in [0, 0.05) is 11.1 Å². The van der Waals surface area contributed by atoms with E-state index in [1.807, 2.05) is 6.92 Å². The normalized spacial score (nSPS) is 16.4. The number of allylic oxidation sites excluding steroid dienone is 1. The summed E-state index contributed by atoms with van der Waals surface area (Å²) in [6.07, 6.45) is 3.12. The van der Waals surface area contributed by atoms with E-state index < -0.39 is 40.2 Å². The summed E-state index contributed by atoms with van der Waals surface area (Å²) < 4.78 is 73.6. The molecule has 1 unspecified atom stereocenters. The van der Waals surface area contributed by atoms with Crippen molar-refractivity contribution >= 4 is 0 Å². The topological polar surface area (TPSA) is 9.23 Å². The predicted octanol–water partition coefficient (Wildman–Crippen LogP) is 5.48. The number of hydrogen-bond acceptors (Lipinski definition) is 1. The van der Waals surface area contributed by atoms with E-state index in [-0.39, 0.29) is 11.7 Å². The minimum absolute atomic E-state index is 0.0614. The van der Waals surface area contributed by atoms with E-state index in [0.29, 0.717) is 24.1 Å². The average Bonchev–Trinajstić information content (AvgIpc) is 2.58. The Morgan fingerprint density at radius 2 is 1.50 bits per heavy atom. The van der Waals surface area contributed by atoms with Gasteiger partial charge in [0.25, 0.3) is 0 Å². The molecular formula is C20H13F5O. The van der Waals surface area contributed by atoms with Crippen molar-refractivity contribution in [3.63, 3.8) is 0 Å². The Bertz CT molecular complexity index is 906. The fourth-order valence-corrected chi connectivity index (χ4v) is 2.55. The van der Waals surface area contributed by atoms with E-state index >= 15 is 0 Å². The maximum Gasteiger partial charge on any atom is 0.194 e. The van der Waals surface area contributed by atoms with Gasteiger partial charge in [-0.15, -0.1) is 0 Å². The molecule has 1 aliphatic rings. The van der Waals surface area contributed by atoms with Crippen LogP contribution in [-0.2, 0) is 4.74 Å². The number of ether oxygens (including phenoxy) is 1. The first-order valence-corrected chi connectivity index (χ1v) is 7.85. The van der Waals surface area contributed by atoms with Gasteiger partial charge in [-0.05, 0) is 49.6 Å². The summed E-state index contributed by atoms with van der Waals surface area (Å²) >= 11 is 0. The fourth-order valence-electron chi connectivity index (χ4n) is 2.55. The minimum Gasteiger partial charge on any atom is -0.497 e. The summed E-state index contributed by atoms with van der Waals surface area (Å²) in [5.74, 6) is -1.44. The van der Waals surface area contributed by atoms with Gasteiger partial charge in [0.05, 0.1) is 17.9 Å². The molecule has 26 heavy (non-hydrogen) atoms. The molecule has 1 heterocycles. The lowest BCUT2D eigenvalue weighted by Gasteiger charge is -2.16. The molecule has 2 aromatic rings. The Balaban J connectivity index is 1.95. The second-order valence-corrected chi connectivity index (χ2v) is 5.95. The second kappa shape index (κ2) is 7.20. The zero-order chi connectivity index (χ0) is 18.8. The number of rotatable bonds is 1. The molecule has 0 saturated heterocycles. The lowest BCUT2D eigenvalue weighted by molar-refractivity contribution is 0.138. The average molecular weight is 364 g/mol. The standard InChI is InChI=1S/C20H13F5O/c1-11-2-3-12(10-26-11)4-5-13-6-15(21)19(16(22)7-13)14-8-17(23)20(25)18(24)9-14/h6-11H,2-3H2,1H3. The van der Waals surface area contributed by atoms with E-state index in [2.05, 4.69) is 11.8 Å². The molecule has 0 spiro atoms. The highest BCUT2D eigenvalue weighted by Crippen LogP contribution is 2.29. The van der Waals surface area contributed by atoms with Crippen molar-refractivity contribution in [1.82, 2.24) is 0 Å². The Kier molecular flexibility index (Phi) is 4.99. The molecule has 0 radical (unpaired) electrons. The van der Waals surface area contributed by atoms with Crippen LogP contribution in [-0.4, -0.2) is 6.10 Å². The summed E-state index contributed by atoms with van der Waals surface area (Å²) in [4.78, 5) is 0. The zero-order valence-electron chi connectivity index (χ0n) is 13.7. The van der Waals surface area contributed by atoms with Crippen molar-refractivity contribution in [2.45, 2.75) is 25.9 Å². The van der Waals surface area contributed by atoms with Crippen LogP contribution in [0.15, 0.2) is 36.1 Å². The summed E-state index contributed by atoms with van der Waals surface area (Å²) in [6.45, 7) is 1.92. The van der Waals surface area contributed by atoms with Gasteiger partial charge in [-0.1, -0.05) is 11.8 Å². The zero-order valence-corrected chi connectivity index (χ0v) is 13.7. The Hall–Kier alpha value is -2.81. The molecule has 1 atom stereocenters. The van der Waals surface area contributed by atoms with Crippen molar-refractivity contribution in [2.24, 2.45) is 0 Å². The predicted molar refractivity (Wildman–Crippen MR) is 86.4 cm³/mol. The molecule has 0 aromatic heterocycles. The van der Waals surface area contributed by atoms with Gasteiger partial charge in [-0.25, -0.2) is 22.0 Å². The smallest absolute Gasteiger partial charge is 0.194 e. The number of hydrogen-bond donors (Lipinski definition) is 0. The maximum absolute atomic E-state index is 14.3. The van der Waals surface area contributed by atoms with Gasteiger partial charge in [0.1, 0.15) is 11.6 Å². The summed E-state index contributed by atoms with van der Waals surface area (Å²) in [5, 5.41) is 0. The van der Waals surface area contributed by atoms with Crippen LogP contribution in [0.3, 0.4) is 0 Å². The highest BCUT2D eigenvalue weighted by Gasteiger charge is 2.18. The highest BCUT2D eigenvalue weighted by atomic mass is 19.2. The molecule has 1 nitrogen and oxygen atoms in total. The summed E-state index contributed by atoms with van der Waals surface area (Å²) in [6, 6.07) is 2.99. The van der Waals surface area contributed by atoms with E-state index in [9.17, 15) is 22.0 Å². The highest BCUT2D eigenvalue weighted by molar-refractivity contribution is 5.66. The van der Waals surface area contributed by atoms with Crippen LogP contribution in [0.2, 0.25) is 0 Å². The molecule has 0 aliphatic carbocycles. The summed E-state index contributed by atoms with van der Waals surface area (Å²) in [7, 11) is 0. The Labute approximate surface area is 147 Å². The molecule has 134 valence electrons. The second-order valence-electron chi connectivity index (χ2n) is 5.95. The molecule has 0 amide bonds. The monoisotopic (exact) mass is 364 g/mol. The summed E-state index contributed by atoms with van der Waals surface area (Å²) in [5.41, 5.74) is -0.322. The van der Waals surface area contributed by atoms with Crippen LogP contribution in [0.5, 0.6) is 0 Å². The maximum atomic E-state index is 14.3. The largest absolute Gasteiger partial charge is 0.497 e. The molecule has 6 heteroatoms. The van der Waals surface area contributed by atoms with Crippen LogP contribution in [0.4, 0.5) is 22.0 Å². The van der Waals surface area contributed by atoms with E-state index in [1.54, 1.807) is 0 Å². The third-order valence-corrected chi connectivity index (χ3v) is 3.94. The first-order chi connectivity index (χ1) is 12.3. The fraction of sp³-hybridized carbons (Fsp3) is 0.200. The van der Waals surface area contributed by atoms with Crippen LogP contribution >= 0.6 is 0 Å². The molecule has 0 fully saturated rings. The van der Waals surface area contributed by atoms with Crippen LogP contribution < -0.4 is 0 Å². The number of halogens is 5. The van der Waals surface area contributed by atoms with E-state index in [1.165, 1.54) is 6.26 Å². The Morgan fingerprint density at radius 1 is 0.885 bits per heavy atom. The third kappa shape index (κ3) is 3.72. The van der Waals surface area contributed by atoms with E-state index in [0.717, 1.165) is 18.6 Å². The van der Waals surface area contributed by atoms with Crippen LogP contribution in [0.1, 0.15) is 25.3 Å². The molecule has 0 bridgehead atoms. The van der Waals surface area contributed by atoms with Gasteiger partial charge in [-0.3, -0.25) is 0 Å². The van der Waals surface area contributed by atoms with Crippen molar-refractivity contribution < 1.29 is 26.7 Å².